The van der Waals surface area contributed by atoms with Crippen molar-refractivity contribution in [3.63, 3.8) is 0 Å². The van der Waals surface area contributed by atoms with Crippen molar-refractivity contribution >= 4 is 16.8 Å². The van der Waals surface area contributed by atoms with Crippen LogP contribution in [0.25, 0.3) is 28.0 Å². The molecule has 0 amide bonds. The summed E-state index contributed by atoms with van der Waals surface area (Å²) in [4.78, 5) is 0. The molecule has 32 heavy (non-hydrogen) atoms. The molecule has 0 aliphatic heterocycles. The zero-order valence-electron chi connectivity index (χ0n) is 17.9. The molecule has 0 heteroatoms. The topological polar surface area (TPSA) is 0 Å². The minimum Gasteiger partial charge on any atom is -0.0622 e. The van der Waals surface area contributed by atoms with E-state index in [1.54, 1.807) is 0 Å². The zero-order valence-corrected chi connectivity index (χ0v) is 17.9. The van der Waals surface area contributed by atoms with E-state index in [9.17, 15) is 0 Å². The van der Waals surface area contributed by atoms with Gasteiger partial charge in [-0.1, -0.05) is 133 Å². The first-order valence-electron chi connectivity index (χ1n) is 11.3. The summed E-state index contributed by atoms with van der Waals surface area (Å²) >= 11 is 0. The largest absolute Gasteiger partial charge is 0.0622 e. The van der Waals surface area contributed by atoms with Crippen LogP contribution in [-0.4, -0.2) is 0 Å². The molecule has 152 valence electrons. The van der Waals surface area contributed by atoms with Gasteiger partial charge in [0, 0.05) is 5.92 Å². The van der Waals surface area contributed by atoms with Gasteiger partial charge in [-0.15, -0.1) is 0 Å². The second-order valence-electron chi connectivity index (χ2n) is 8.56. The van der Waals surface area contributed by atoms with Gasteiger partial charge in [-0.3, -0.25) is 0 Å². The van der Waals surface area contributed by atoms with Crippen molar-refractivity contribution in [1.29, 1.82) is 0 Å². The van der Waals surface area contributed by atoms with Crippen LogP contribution in [0.4, 0.5) is 0 Å². The van der Waals surface area contributed by atoms with Gasteiger partial charge in [0.05, 0.1) is 0 Å². The van der Waals surface area contributed by atoms with Gasteiger partial charge < -0.3 is 0 Å². The smallest absolute Gasteiger partial charge is 0.0305 e. The van der Waals surface area contributed by atoms with E-state index in [0.29, 0.717) is 0 Å². The SMILES string of the molecule is C1=C(C(c2ccccc2)c2ccccc2)Cc2cccc(-c3cccc4ccccc34)c21. The van der Waals surface area contributed by atoms with Crippen LogP contribution >= 0.6 is 0 Å². The Morgan fingerprint density at radius 2 is 1.09 bits per heavy atom. The summed E-state index contributed by atoms with van der Waals surface area (Å²) in [6.45, 7) is 0. The molecule has 0 saturated heterocycles. The van der Waals surface area contributed by atoms with Crippen molar-refractivity contribution in [3.05, 3.63) is 149 Å². The van der Waals surface area contributed by atoms with Gasteiger partial charge in [-0.05, 0) is 50.6 Å². The molecule has 0 fully saturated rings. The van der Waals surface area contributed by atoms with Crippen molar-refractivity contribution in [2.24, 2.45) is 0 Å². The van der Waals surface area contributed by atoms with E-state index in [4.69, 9.17) is 0 Å². The predicted octanol–water partition coefficient (Wildman–Crippen LogP) is 8.28. The lowest BCUT2D eigenvalue weighted by molar-refractivity contribution is 0.917. The van der Waals surface area contributed by atoms with Crippen LogP contribution in [0.15, 0.2) is 127 Å². The van der Waals surface area contributed by atoms with E-state index < -0.39 is 0 Å². The molecule has 0 heterocycles. The van der Waals surface area contributed by atoms with Crippen LogP contribution in [0.1, 0.15) is 28.2 Å². The van der Waals surface area contributed by atoms with E-state index in [2.05, 4.69) is 127 Å². The fourth-order valence-corrected chi connectivity index (χ4v) is 5.19. The molecule has 0 atom stereocenters. The van der Waals surface area contributed by atoms with Crippen molar-refractivity contribution in [2.45, 2.75) is 12.3 Å². The van der Waals surface area contributed by atoms with Crippen molar-refractivity contribution in [2.75, 3.05) is 0 Å². The van der Waals surface area contributed by atoms with Crippen LogP contribution in [-0.2, 0) is 6.42 Å². The Morgan fingerprint density at radius 3 is 1.84 bits per heavy atom. The van der Waals surface area contributed by atoms with Gasteiger partial charge in [0.1, 0.15) is 0 Å². The van der Waals surface area contributed by atoms with Crippen molar-refractivity contribution in [1.82, 2.24) is 0 Å². The molecule has 1 aliphatic carbocycles. The highest BCUT2D eigenvalue weighted by Gasteiger charge is 2.25. The molecule has 5 aromatic rings. The summed E-state index contributed by atoms with van der Waals surface area (Å²) in [7, 11) is 0. The van der Waals surface area contributed by atoms with Gasteiger partial charge in [0.25, 0.3) is 0 Å². The quantitative estimate of drug-likeness (QED) is 0.281. The molecular weight excluding hydrogens is 384 g/mol. The fourth-order valence-electron chi connectivity index (χ4n) is 5.19. The molecule has 0 aromatic heterocycles. The number of hydrogen-bond acceptors (Lipinski definition) is 0. The molecule has 0 N–H and O–H groups in total. The van der Waals surface area contributed by atoms with E-state index in [0.717, 1.165) is 6.42 Å². The maximum absolute atomic E-state index is 2.46. The summed E-state index contributed by atoms with van der Waals surface area (Å²) < 4.78 is 0. The Kier molecular flexibility index (Phi) is 4.70. The number of allylic oxidation sites excluding steroid dienone is 1. The first-order chi connectivity index (χ1) is 15.9. The lowest BCUT2D eigenvalue weighted by atomic mass is 9.84. The summed E-state index contributed by atoms with van der Waals surface area (Å²) in [5.41, 5.74) is 9.60. The Labute approximate surface area is 189 Å². The van der Waals surface area contributed by atoms with Gasteiger partial charge in [-0.25, -0.2) is 0 Å². The van der Waals surface area contributed by atoms with Crippen LogP contribution < -0.4 is 0 Å². The van der Waals surface area contributed by atoms with Gasteiger partial charge in [-0.2, -0.15) is 0 Å². The number of benzene rings is 5. The van der Waals surface area contributed by atoms with Crippen molar-refractivity contribution in [3.8, 4) is 11.1 Å². The van der Waals surface area contributed by atoms with Gasteiger partial charge >= 0.3 is 0 Å². The average molecular weight is 409 g/mol. The lowest BCUT2D eigenvalue weighted by Crippen LogP contribution is -2.05. The normalized spacial score (nSPS) is 12.7. The molecule has 6 rings (SSSR count). The lowest BCUT2D eigenvalue weighted by Gasteiger charge is -2.20. The Balaban J connectivity index is 1.51. The average Bonchev–Trinajstić information content (AvgIpc) is 3.29. The van der Waals surface area contributed by atoms with Gasteiger partial charge in [0.2, 0.25) is 0 Å². The fraction of sp³-hybridized carbons (Fsp3) is 0.0625. The summed E-state index contributed by atoms with van der Waals surface area (Å²) in [6.07, 6.45) is 3.44. The second-order valence-corrected chi connectivity index (χ2v) is 8.56. The third kappa shape index (κ3) is 3.25. The second kappa shape index (κ2) is 7.98. The molecule has 0 radical (unpaired) electrons. The minimum atomic E-state index is 0.269. The zero-order chi connectivity index (χ0) is 21.3. The van der Waals surface area contributed by atoms with Crippen LogP contribution in [0.2, 0.25) is 0 Å². The third-order valence-corrected chi connectivity index (χ3v) is 6.64. The Morgan fingerprint density at radius 1 is 0.500 bits per heavy atom. The monoisotopic (exact) mass is 408 g/mol. The maximum Gasteiger partial charge on any atom is 0.0305 e. The highest BCUT2D eigenvalue weighted by atomic mass is 14.3. The summed E-state index contributed by atoms with van der Waals surface area (Å²) in [5, 5.41) is 2.60. The minimum absolute atomic E-state index is 0.269. The Bertz CT molecular complexity index is 1380. The third-order valence-electron chi connectivity index (χ3n) is 6.64. The molecule has 0 nitrogen and oxygen atoms in total. The van der Waals surface area contributed by atoms with E-state index in [1.807, 2.05) is 0 Å². The molecule has 0 bridgehead atoms. The molecule has 1 aliphatic rings. The first kappa shape index (κ1) is 18.8. The molecular formula is C32H24. The van der Waals surface area contributed by atoms with E-state index in [1.165, 1.54) is 49.7 Å². The first-order valence-corrected chi connectivity index (χ1v) is 11.3. The highest BCUT2D eigenvalue weighted by Crippen LogP contribution is 2.43. The standard InChI is InChI=1S/C32H24/c1-3-12-24(13-4-1)32(25-14-5-2-6-15-25)27-21-26-17-10-20-30(31(26)22-27)29-19-9-16-23-11-7-8-18-28(23)29/h1-20,22,32H,21H2. The Hall–Kier alpha value is -3.90. The highest BCUT2D eigenvalue weighted by molar-refractivity contribution is 5.99. The number of hydrogen-bond donors (Lipinski definition) is 0. The molecule has 0 unspecified atom stereocenters. The van der Waals surface area contributed by atoms with E-state index in [-0.39, 0.29) is 5.92 Å². The van der Waals surface area contributed by atoms with Gasteiger partial charge in [0.15, 0.2) is 0 Å². The van der Waals surface area contributed by atoms with Crippen LogP contribution in [0.3, 0.4) is 0 Å². The molecule has 0 spiro atoms. The van der Waals surface area contributed by atoms with Crippen LogP contribution in [0.5, 0.6) is 0 Å². The van der Waals surface area contributed by atoms with E-state index >= 15 is 0 Å². The molecule has 5 aromatic carbocycles. The van der Waals surface area contributed by atoms with Crippen molar-refractivity contribution < 1.29 is 0 Å². The summed E-state index contributed by atoms with van der Waals surface area (Å²) in [5.74, 6) is 0.269. The number of fused-ring (bicyclic) bond motifs is 2. The summed E-state index contributed by atoms with van der Waals surface area (Å²) in [6, 6.07) is 43.9. The van der Waals surface area contributed by atoms with Crippen LogP contribution in [0, 0.1) is 0 Å². The maximum atomic E-state index is 2.46. The number of rotatable bonds is 4. The predicted molar refractivity (Wildman–Crippen MR) is 136 cm³/mol. The molecule has 0 saturated carbocycles.